The number of carbonyl (C=O) groups is 1. The summed E-state index contributed by atoms with van der Waals surface area (Å²) in [6.45, 7) is 4.08. The molecule has 1 saturated carbocycles. The average Bonchev–Trinajstić information content (AvgIpc) is 3.14. The van der Waals surface area contributed by atoms with Gasteiger partial charge in [-0.15, -0.1) is 12.4 Å². The van der Waals surface area contributed by atoms with E-state index in [4.69, 9.17) is 0 Å². The molecule has 1 aromatic carbocycles. The zero-order valence-corrected chi connectivity index (χ0v) is 14.7. The van der Waals surface area contributed by atoms with E-state index in [0.717, 1.165) is 25.9 Å². The van der Waals surface area contributed by atoms with Gasteiger partial charge < -0.3 is 10.2 Å². The predicted octanol–water partition coefficient (Wildman–Crippen LogP) is 3.65. The third kappa shape index (κ3) is 2.78. The first kappa shape index (κ1) is 16.8. The second-order valence-electron chi connectivity index (χ2n) is 7.51. The Hall–Kier alpha value is -1.06. The number of piperidine rings is 1. The molecule has 2 aliphatic heterocycles. The summed E-state index contributed by atoms with van der Waals surface area (Å²) in [6, 6.07) is 9.10. The van der Waals surface area contributed by atoms with E-state index >= 15 is 0 Å². The molecule has 1 amide bonds. The number of para-hydroxylation sites is 1. The first-order valence-electron chi connectivity index (χ1n) is 8.84. The Morgan fingerprint density at radius 1 is 1.26 bits per heavy atom. The van der Waals surface area contributed by atoms with Crippen LogP contribution in [0.1, 0.15) is 51.0 Å². The van der Waals surface area contributed by atoms with Crippen molar-refractivity contribution in [3.05, 3.63) is 29.8 Å². The Balaban J connectivity index is 0.00000156. The highest BCUT2D eigenvalue weighted by Gasteiger charge is 2.47. The van der Waals surface area contributed by atoms with Gasteiger partial charge in [0.2, 0.25) is 5.91 Å². The lowest BCUT2D eigenvalue weighted by atomic mass is 9.81. The van der Waals surface area contributed by atoms with Crippen molar-refractivity contribution in [3.63, 3.8) is 0 Å². The normalized spacial score (nSPS) is 28.5. The largest absolute Gasteiger partial charge is 0.314 e. The molecular formula is C19H27ClN2O. The van der Waals surface area contributed by atoms with E-state index in [9.17, 15) is 4.79 Å². The maximum atomic E-state index is 13.1. The highest BCUT2D eigenvalue weighted by atomic mass is 35.5. The van der Waals surface area contributed by atoms with Crippen molar-refractivity contribution >= 4 is 24.0 Å². The zero-order chi connectivity index (χ0) is 15.2. The standard InChI is InChI=1S/C19H26N2O.ClH/c1-14-12-15(8-11-20-14)18(22)21-13-19(9-4-5-10-19)16-6-2-3-7-17(16)21;/h2-3,6-7,14-15,20H,4-5,8-13H2,1H3;1H/t14-,15-;/m0./s1. The van der Waals surface area contributed by atoms with Crippen molar-refractivity contribution in [2.24, 2.45) is 5.92 Å². The molecule has 2 fully saturated rings. The van der Waals surface area contributed by atoms with Gasteiger partial charge >= 0.3 is 0 Å². The smallest absolute Gasteiger partial charge is 0.230 e. The minimum atomic E-state index is 0. The first-order valence-corrected chi connectivity index (χ1v) is 8.84. The molecular weight excluding hydrogens is 308 g/mol. The molecule has 0 bridgehead atoms. The van der Waals surface area contributed by atoms with E-state index in [1.165, 1.54) is 36.9 Å². The first-order chi connectivity index (χ1) is 10.7. The lowest BCUT2D eigenvalue weighted by Crippen LogP contribution is -2.45. The SMILES string of the molecule is C[C@H]1C[C@@H](C(=O)N2CC3(CCCC3)c3ccccc32)CCN1.Cl. The maximum Gasteiger partial charge on any atom is 0.230 e. The molecule has 2 atom stereocenters. The minimum absolute atomic E-state index is 0. The van der Waals surface area contributed by atoms with E-state index < -0.39 is 0 Å². The maximum absolute atomic E-state index is 13.1. The van der Waals surface area contributed by atoms with Gasteiger partial charge in [-0.1, -0.05) is 31.0 Å². The van der Waals surface area contributed by atoms with Gasteiger partial charge in [0.1, 0.15) is 0 Å². The van der Waals surface area contributed by atoms with Crippen molar-refractivity contribution in [2.75, 3.05) is 18.0 Å². The van der Waals surface area contributed by atoms with Gasteiger partial charge in [0, 0.05) is 29.6 Å². The Labute approximate surface area is 145 Å². The van der Waals surface area contributed by atoms with E-state index in [2.05, 4.69) is 41.4 Å². The van der Waals surface area contributed by atoms with Crippen LogP contribution in [0.3, 0.4) is 0 Å². The Bertz CT molecular complexity index is 582. The van der Waals surface area contributed by atoms with Gasteiger partial charge in [0.15, 0.2) is 0 Å². The van der Waals surface area contributed by atoms with Crippen LogP contribution in [0.4, 0.5) is 5.69 Å². The summed E-state index contributed by atoms with van der Waals surface area (Å²) in [4.78, 5) is 15.3. The summed E-state index contributed by atoms with van der Waals surface area (Å²) >= 11 is 0. The third-order valence-corrected chi connectivity index (χ3v) is 6.03. The van der Waals surface area contributed by atoms with Gasteiger partial charge in [0.05, 0.1) is 0 Å². The molecule has 1 aliphatic carbocycles. The van der Waals surface area contributed by atoms with Crippen LogP contribution in [0.2, 0.25) is 0 Å². The van der Waals surface area contributed by atoms with Crippen LogP contribution < -0.4 is 10.2 Å². The van der Waals surface area contributed by atoms with Crippen molar-refractivity contribution < 1.29 is 4.79 Å². The van der Waals surface area contributed by atoms with Crippen molar-refractivity contribution in [3.8, 4) is 0 Å². The van der Waals surface area contributed by atoms with Gasteiger partial charge in [-0.05, 0) is 50.8 Å². The Morgan fingerprint density at radius 3 is 2.74 bits per heavy atom. The third-order valence-electron chi connectivity index (χ3n) is 6.03. The summed E-state index contributed by atoms with van der Waals surface area (Å²) in [6.07, 6.45) is 7.06. The highest BCUT2D eigenvalue weighted by molar-refractivity contribution is 5.98. The molecule has 3 nitrogen and oxygen atoms in total. The number of nitrogens with one attached hydrogen (secondary N) is 1. The summed E-state index contributed by atoms with van der Waals surface area (Å²) in [5.74, 6) is 0.561. The van der Waals surface area contributed by atoms with E-state index in [0.29, 0.717) is 11.9 Å². The molecule has 0 aromatic heterocycles. The monoisotopic (exact) mass is 334 g/mol. The van der Waals surface area contributed by atoms with Gasteiger partial charge in [-0.25, -0.2) is 0 Å². The number of fused-ring (bicyclic) bond motifs is 2. The lowest BCUT2D eigenvalue weighted by molar-refractivity contribution is -0.123. The number of amides is 1. The number of anilines is 1. The van der Waals surface area contributed by atoms with Crippen molar-refractivity contribution in [1.82, 2.24) is 5.32 Å². The fraction of sp³-hybridized carbons (Fsp3) is 0.632. The summed E-state index contributed by atoms with van der Waals surface area (Å²) < 4.78 is 0. The molecule has 4 heteroatoms. The van der Waals surface area contributed by atoms with Crippen LogP contribution in [-0.4, -0.2) is 25.0 Å². The van der Waals surface area contributed by atoms with Crippen LogP contribution in [-0.2, 0) is 10.2 Å². The molecule has 3 aliphatic rings. The van der Waals surface area contributed by atoms with Crippen LogP contribution in [0.25, 0.3) is 0 Å². The lowest BCUT2D eigenvalue weighted by Gasteiger charge is -2.31. The molecule has 0 unspecified atom stereocenters. The fourth-order valence-corrected chi connectivity index (χ4v) is 4.88. The molecule has 0 radical (unpaired) electrons. The topological polar surface area (TPSA) is 32.3 Å². The number of carbonyl (C=O) groups excluding carboxylic acids is 1. The van der Waals surface area contributed by atoms with Gasteiger partial charge in [-0.3, -0.25) is 4.79 Å². The quantitative estimate of drug-likeness (QED) is 0.850. The number of hydrogen-bond donors (Lipinski definition) is 1. The number of nitrogens with zero attached hydrogens (tertiary/aromatic N) is 1. The van der Waals surface area contributed by atoms with Crippen LogP contribution in [0.5, 0.6) is 0 Å². The summed E-state index contributed by atoms with van der Waals surface area (Å²) in [5.41, 5.74) is 2.88. The fourth-order valence-electron chi connectivity index (χ4n) is 4.88. The summed E-state index contributed by atoms with van der Waals surface area (Å²) in [7, 11) is 0. The number of hydrogen-bond acceptors (Lipinski definition) is 2. The molecule has 23 heavy (non-hydrogen) atoms. The minimum Gasteiger partial charge on any atom is -0.314 e. The Morgan fingerprint density at radius 2 is 2.00 bits per heavy atom. The van der Waals surface area contributed by atoms with Crippen LogP contribution in [0.15, 0.2) is 24.3 Å². The van der Waals surface area contributed by atoms with E-state index in [1.54, 1.807) is 0 Å². The van der Waals surface area contributed by atoms with Crippen LogP contribution >= 0.6 is 12.4 Å². The average molecular weight is 335 g/mol. The van der Waals surface area contributed by atoms with E-state index in [1.807, 2.05) is 0 Å². The number of halogens is 1. The van der Waals surface area contributed by atoms with Crippen LogP contribution in [0, 0.1) is 5.92 Å². The predicted molar refractivity (Wildman–Crippen MR) is 96.4 cm³/mol. The molecule has 1 saturated heterocycles. The van der Waals surface area contributed by atoms with Gasteiger partial charge in [-0.2, -0.15) is 0 Å². The Kier molecular flexibility index (Phi) is 4.70. The van der Waals surface area contributed by atoms with Crippen molar-refractivity contribution in [1.29, 1.82) is 0 Å². The highest BCUT2D eigenvalue weighted by Crippen LogP contribution is 2.50. The van der Waals surface area contributed by atoms with Gasteiger partial charge in [0.25, 0.3) is 0 Å². The molecule has 4 rings (SSSR count). The number of benzene rings is 1. The second-order valence-corrected chi connectivity index (χ2v) is 7.51. The summed E-state index contributed by atoms with van der Waals surface area (Å²) in [5, 5.41) is 3.45. The second kappa shape index (κ2) is 6.45. The molecule has 1 spiro atoms. The molecule has 126 valence electrons. The number of rotatable bonds is 1. The molecule has 2 heterocycles. The van der Waals surface area contributed by atoms with E-state index in [-0.39, 0.29) is 23.7 Å². The molecule has 1 N–H and O–H groups in total. The molecule has 1 aromatic rings. The van der Waals surface area contributed by atoms with Crippen molar-refractivity contribution in [2.45, 2.75) is 56.9 Å². The zero-order valence-electron chi connectivity index (χ0n) is 13.9.